The summed E-state index contributed by atoms with van der Waals surface area (Å²) in [5.74, 6) is -1.08. The molecular formula is C15H11F2NOS. The van der Waals surface area contributed by atoms with Crippen LogP contribution in [0.5, 0.6) is 0 Å². The maximum absolute atomic E-state index is 13.7. The van der Waals surface area contributed by atoms with Crippen LogP contribution in [0, 0.1) is 23.0 Å². The molecule has 2 aromatic carbocycles. The van der Waals surface area contributed by atoms with Crippen molar-refractivity contribution in [2.45, 2.75) is 22.8 Å². The molecule has 102 valence electrons. The molecule has 1 N–H and O–H groups in total. The van der Waals surface area contributed by atoms with Gasteiger partial charge in [-0.2, -0.15) is 5.26 Å². The summed E-state index contributed by atoms with van der Waals surface area (Å²) in [4.78, 5) is 0.644. The van der Waals surface area contributed by atoms with Crippen molar-refractivity contribution in [2.75, 3.05) is 0 Å². The highest BCUT2D eigenvalue weighted by Crippen LogP contribution is 2.35. The summed E-state index contributed by atoms with van der Waals surface area (Å²) < 4.78 is 26.8. The Morgan fingerprint density at radius 3 is 2.55 bits per heavy atom. The molecular weight excluding hydrogens is 280 g/mol. The van der Waals surface area contributed by atoms with Gasteiger partial charge in [-0.3, -0.25) is 0 Å². The Kier molecular flexibility index (Phi) is 4.38. The smallest absolute Gasteiger partial charge is 0.137 e. The monoisotopic (exact) mass is 291 g/mol. The summed E-state index contributed by atoms with van der Waals surface area (Å²) in [6.45, 7) is 1.58. The second kappa shape index (κ2) is 6.04. The largest absolute Gasteiger partial charge is 0.389 e. The molecule has 0 saturated heterocycles. The van der Waals surface area contributed by atoms with Crippen molar-refractivity contribution in [1.29, 1.82) is 5.26 Å². The van der Waals surface area contributed by atoms with Crippen LogP contribution in [0.4, 0.5) is 8.78 Å². The van der Waals surface area contributed by atoms with Crippen molar-refractivity contribution in [1.82, 2.24) is 0 Å². The summed E-state index contributed by atoms with van der Waals surface area (Å²) in [5.41, 5.74) is 0.964. The van der Waals surface area contributed by atoms with Gasteiger partial charge in [0.05, 0.1) is 22.6 Å². The third-order valence-corrected chi connectivity index (χ3v) is 3.81. The predicted molar refractivity (Wildman–Crippen MR) is 72.3 cm³/mol. The van der Waals surface area contributed by atoms with Crippen LogP contribution in [0.25, 0.3) is 0 Å². The minimum absolute atomic E-state index is 0.113. The van der Waals surface area contributed by atoms with E-state index in [1.807, 2.05) is 6.07 Å². The van der Waals surface area contributed by atoms with Crippen LogP contribution >= 0.6 is 11.8 Å². The van der Waals surface area contributed by atoms with Gasteiger partial charge in [0, 0.05) is 4.90 Å². The number of hydrogen-bond acceptors (Lipinski definition) is 3. The van der Waals surface area contributed by atoms with E-state index in [2.05, 4.69) is 0 Å². The van der Waals surface area contributed by atoms with E-state index in [1.54, 1.807) is 25.1 Å². The molecule has 0 radical (unpaired) electrons. The first-order valence-electron chi connectivity index (χ1n) is 5.86. The third-order valence-electron chi connectivity index (χ3n) is 2.71. The zero-order valence-corrected chi connectivity index (χ0v) is 11.4. The Balaban J connectivity index is 2.46. The first kappa shape index (κ1) is 14.5. The number of hydrogen-bond donors (Lipinski definition) is 1. The maximum atomic E-state index is 13.7. The fourth-order valence-corrected chi connectivity index (χ4v) is 2.83. The predicted octanol–water partition coefficient (Wildman–Crippen LogP) is 4.04. The molecule has 0 amide bonds. The number of aliphatic hydroxyl groups excluding tert-OH is 1. The highest BCUT2D eigenvalue weighted by Gasteiger charge is 2.13. The van der Waals surface area contributed by atoms with Crippen LogP contribution in [0.1, 0.15) is 24.2 Å². The number of halogens is 2. The van der Waals surface area contributed by atoms with E-state index < -0.39 is 17.7 Å². The Morgan fingerprint density at radius 2 is 1.90 bits per heavy atom. The van der Waals surface area contributed by atoms with E-state index in [-0.39, 0.29) is 4.90 Å². The van der Waals surface area contributed by atoms with E-state index in [0.29, 0.717) is 16.0 Å². The first-order chi connectivity index (χ1) is 9.51. The second-order valence-electron chi connectivity index (χ2n) is 4.22. The summed E-state index contributed by atoms with van der Waals surface area (Å²) in [5, 5.41) is 18.6. The fraction of sp³-hybridized carbons (Fsp3) is 0.133. The lowest BCUT2D eigenvalue weighted by atomic mass is 10.1. The standard InChI is InChI=1S/C15H11F2NOS/c1-9(19)12-4-2-10(8-18)6-14(12)20-15-7-11(16)3-5-13(15)17/h2-7,9,19H,1H3. The zero-order chi connectivity index (χ0) is 14.7. The number of benzene rings is 2. The van der Waals surface area contributed by atoms with Gasteiger partial charge in [0.2, 0.25) is 0 Å². The quantitative estimate of drug-likeness (QED) is 0.928. The van der Waals surface area contributed by atoms with E-state index in [0.717, 1.165) is 30.0 Å². The lowest BCUT2D eigenvalue weighted by Gasteiger charge is -2.12. The Morgan fingerprint density at radius 1 is 1.15 bits per heavy atom. The van der Waals surface area contributed by atoms with Gasteiger partial charge in [-0.15, -0.1) is 0 Å². The molecule has 0 fully saturated rings. The van der Waals surface area contributed by atoms with E-state index in [9.17, 15) is 13.9 Å². The number of rotatable bonds is 3. The first-order valence-corrected chi connectivity index (χ1v) is 6.68. The molecule has 0 aromatic heterocycles. The van der Waals surface area contributed by atoms with Crippen LogP contribution < -0.4 is 0 Å². The van der Waals surface area contributed by atoms with Gasteiger partial charge in [0.25, 0.3) is 0 Å². The lowest BCUT2D eigenvalue weighted by Crippen LogP contribution is -1.95. The van der Waals surface area contributed by atoms with Crippen LogP contribution in [-0.4, -0.2) is 5.11 Å². The van der Waals surface area contributed by atoms with Gasteiger partial charge in [-0.1, -0.05) is 17.8 Å². The average Bonchev–Trinajstić information content (AvgIpc) is 2.42. The Labute approximate surface area is 119 Å². The van der Waals surface area contributed by atoms with Gasteiger partial charge < -0.3 is 5.11 Å². The van der Waals surface area contributed by atoms with Crippen LogP contribution in [-0.2, 0) is 0 Å². The van der Waals surface area contributed by atoms with E-state index >= 15 is 0 Å². The number of aliphatic hydroxyl groups is 1. The fourth-order valence-electron chi connectivity index (χ4n) is 1.71. The Hall–Kier alpha value is -1.90. The number of nitriles is 1. The summed E-state index contributed by atoms with van der Waals surface area (Å²) in [6.07, 6.45) is -0.762. The Bertz CT molecular complexity index is 680. The zero-order valence-electron chi connectivity index (χ0n) is 10.6. The van der Waals surface area contributed by atoms with Crippen molar-refractivity contribution < 1.29 is 13.9 Å². The van der Waals surface area contributed by atoms with E-state index in [4.69, 9.17) is 5.26 Å². The molecule has 0 saturated carbocycles. The molecule has 0 heterocycles. The molecule has 0 aliphatic carbocycles. The molecule has 0 spiro atoms. The molecule has 0 aliphatic heterocycles. The lowest BCUT2D eigenvalue weighted by molar-refractivity contribution is 0.196. The topological polar surface area (TPSA) is 44.0 Å². The molecule has 0 bridgehead atoms. The van der Waals surface area contributed by atoms with Crippen LogP contribution in [0.3, 0.4) is 0 Å². The molecule has 2 aromatic rings. The summed E-state index contributed by atoms with van der Waals surface area (Å²) in [7, 11) is 0. The van der Waals surface area contributed by atoms with Gasteiger partial charge in [-0.25, -0.2) is 8.78 Å². The van der Waals surface area contributed by atoms with Gasteiger partial charge >= 0.3 is 0 Å². The normalized spacial score (nSPS) is 11.9. The highest BCUT2D eigenvalue weighted by atomic mass is 32.2. The highest BCUT2D eigenvalue weighted by molar-refractivity contribution is 7.99. The van der Waals surface area contributed by atoms with Crippen molar-refractivity contribution in [3.63, 3.8) is 0 Å². The second-order valence-corrected chi connectivity index (χ2v) is 5.30. The molecule has 20 heavy (non-hydrogen) atoms. The molecule has 0 aliphatic rings. The van der Waals surface area contributed by atoms with Crippen molar-refractivity contribution in [2.24, 2.45) is 0 Å². The van der Waals surface area contributed by atoms with Crippen molar-refractivity contribution >= 4 is 11.8 Å². The maximum Gasteiger partial charge on any atom is 0.137 e. The van der Waals surface area contributed by atoms with E-state index in [1.165, 1.54) is 0 Å². The van der Waals surface area contributed by atoms with Crippen molar-refractivity contribution in [3.8, 4) is 6.07 Å². The van der Waals surface area contributed by atoms with Crippen LogP contribution in [0.2, 0.25) is 0 Å². The SMILES string of the molecule is CC(O)c1ccc(C#N)cc1Sc1cc(F)ccc1F. The van der Waals surface area contributed by atoms with Gasteiger partial charge in [0.1, 0.15) is 11.6 Å². The summed E-state index contributed by atoms with van der Waals surface area (Å²) in [6, 6.07) is 9.91. The molecule has 2 nitrogen and oxygen atoms in total. The van der Waals surface area contributed by atoms with Gasteiger partial charge in [-0.05, 0) is 42.8 Å². The minimum atomic E-state index is -0.762. The molecule has 2 rings (SSSR count). The van der Waals surface area contributed by atoms with Gasteiger partial charge in [0.15, 0.2) is 0 Å². The molecule has 1 unspecified atom stereocenters. The van der Waals surface area contributed by atoms with Crippen LogP contribution in [0.15, 0.2) is 46.2 Å². The van der Waals surface area contributed by atoms with Crippen molar-refractivity contribution in [3.05, 3.63) is 59.2 Å². The molecule has 5 heteroatoms. The number of nitrogens with zero attached hydrogens (tertiary/aromatic N) is 1. The average molecular weight is 291 g/mol. The summed E-state index contributed by atoms with van der Waals surface area (Å²) >= 11 is 0.987. The minimum Gasteiger partial charge on any atom is -0.389 e. The third kappa shape index (κ3) is 3.16. The molecule has 1 atom stereocenters.